The molecule has 1 aliphatic rings. The van der Waals surface area contributed by atoms with Gasteiger partial charge in [-0.25, -0.2) is 8.42 Å². The van der Waals surface area contributed by atoms with E-state index in [1.807, 2.05) is 20.8 Å². The van der Waals surface area contributed by atoms with Crippen molar-refractivity contribution >= 4 is 15.7 Å². The average Bonchev–Trinajstić information content (AvgIpc) is 3.09. The van der Waals surface area contributed by atoms with Crippen LogP contribution in [0.25, 0.3) is 0 Å². The highest BCUT2D eigenvalue weighted by Crippen LogP contribution is 2.51. The van der Waals surface area contributed by atoms with E-state index in [1.165, 1.54) is 0 Å². The maximum absolute atomic E-state index is 12.0. The zero-order chi connectivity index (χ0) is 14.5. The van der Waals surface area contributed by atoms with Gasteiger partial charge < -0.3 is 10.6 Å². The third-order valence-electron chi connectivity index (χ3n) is 3.88. The van der Waals surface area contributed by atoms with E-state index in [0.29, 0.717) is 12.5 Å². The lowest BCUT2D eigenvalue weighted by atomic mass is 9.91. The highest BCUT2D eigenvalue weighted by molar-refractivity contribution is 7.91. The zero-order valence-electron chi connectivity index (χ0n) is 12.2. The number of hydrogen-bond donors (Lipinski definition) is 2. The molecule has 5 nitrogen and oxygen atoms in total. The summed E-state index contributed by atoms with van der Waals surface area (Å²) in [5.41, 5.74) is -0.229. The first-order valence-corrected chi connectivity index (χ1v) is 8.85. The quantitative estimate of drug-likeness (QED) is 0.609. The molecule has 0 aliphatic heterocycles. The van der Waals surface area contributed by atoms with Crippen LogP contribution in [-0.2, 0) is 14.6 Å². The lowest BCUT2D eigenvalue weighted by Gasteiger charge is -2.18. The molecular formula is C13H26N2O3S. The monoisotopic (exact) mass is 290 g/mol. The number of carbonyl (C=O) groups excluding carboxylic acids is 1. The van der Waals surface area contributed by atoms with Crippen molar-refractivity contribution in [2.45, 2.75) is 33.6 Å². The van der Waals surface area contributed by atoms with E-state index in [-0.39, 0.29) is 29.4 Å². The fraction of sp³-hybridized carbons (Fsp3) is 0.923. The van der Waals surface area contributed by atoms with E-state index in [2.05, 4.69) is 10.6 Å². The van der Waals surface area contributed by atoms with Gasteiger partial charge in [-0.3, -0.25) is 4.79 Å². The summed E-state index contributed by atoms with van der Waals surface area (Å²) in [7, 11) is -3.07. The number of rotatable bonds is 9. The maximum atomic E-state index is 12.0. The van der Waals surface area contributed by atoms with Crippen molar-refractivity contribution in [1.82, 2.24) is 10.6 Å². The first-order valence-electron chi connectivity index (χ1n) is 7.03. The van der Waals surface area contributed by atoms with Gasteiger partial charge in [0.15, 0.2) is 9.84 Å². The Hall–Kier alpha value is -0.620. The molecule has 112 valence electrons. The molecule has 1 fully saturated rings. The van der Waals surface area contributed by atoms with Crippen LogP contribution in [0.1, 0.15) is 33.6 Å². The number of amides is 1. The van der Waals surface area contributed by atoms with Crippen molar-refractivity contribution in [2.75, 3.05) is 31.1 Å². The number of hydrogen-bond acceptors (Lipinski definition) is 4. The molecule has 1 rings (SSSR count). The number of carbonyl (C=O) groups is 1. The van der Waals surface area contributed by atoms with E-state index in [0.717, 1.165) is 19.4 Å². The van der Waals surface area contributed by atoms with Crippen LogP contribution in [0, 0.1) is 11.3 Å². The smallest absolute Gasteiger partial charge is 0.226 e. The topological polar surface area (TPSA) is 75.3 Å². The molecular weight excluding hydrogens is 264 g/mol. The molecule has 0 radical (unpaired) electrons. The SMILES string of the molecule is CCNCCS(=O)(=O)CCNC(=O)C1(C(C)C)CC1. The summed E-state index contributed by atoms with van der Waals surface area (Å²) in [6, 6.07) is 0. The van der Waals surface area contributed by atoms with Crippen LogP contribution in [0.5, 0.6) is 0 Å². The standard InChI is InChI=1S/C13H26N2O3S/c1-4-14-7-9-19(17,18)10-8-15-12(16)13(5-6-13)11(2)3/h11,14H,4-10H2,1-3H3,(H,15,16). The van der Waals surface area contributed by atoms with Gasteiger partial charge in [-0.1, -0.05) is 20.8 Å². The van der Waals surface area contributed by atoms with Gasteiger partial charge in [0, 0.05) is 13.1 Å². The van der Waals surface area contributed by atoms with E-state index in [4.69, 9.17) is 0 Å². The molecule has 0 aromatic heterocycles. The largest absolute Gasteiger partial charge is 0.355 e. The minimum atomic E-state index is -3.07. The summed E-state index contributed by atoms with van der Waals surface area (Å²) < 4.78 is 23.4. The number of sulfone groups is 1. The normalized spacial score (nSPS) is 17.5. The maximum Gasteiger partial charge on any atom is 0.226 e. The summed E-state index contributed by atoms with van der Waals surface area (Å²) in [5.74, 6) is 0.492. The lowest BCUT2D eigenvalue weighted by Crippen LogP contribution is -2.38. The van der Waals surface area contributed by atoms with Gasteiger partial charge in [-0.15, -0.1) is 0 Å². The Bertz CT molecular complexity index is 400. The fourth-order valence-corrected chi connectivity index (χ4v) is 3.28. The molecule has 1 amide bonds. The molecule has 2 N–H and O–H groups in total. The fourth-order valence-electron chi connectivity index (χ4n) is 2.20. The Kier molecular flexibility index (Phi) is 5.80. The lowest BCUT2D eigenvalue weighted by molar-refractivity contribution is -0.127. The summed E-state index contributed by atoms with van der Waals surface area (Å²) in [6.45, 7) is 7.49. The third-order valence-corrected chi connectivity index (χ3v) is 5.54. The van der Waals surface area contributed by atoms with Gasteiger partial charge in [0.05, 0.1) is 16.9 Å². The van der Waals surface area contributed by atoms with Crippen molar-refractivity contribution in [2.24, 2.45) is 11.3 Å². The van der Waals surface area contributed by atoms with Crippen LogP contribution < -0.4 is 10.6 Å². The highest BCUT2D eigenvalue weighted by atomic mass is 32.2. The molecule has 1 aliphatic carbocycles. The molecule has 0 bridgehead atoms. The van der Waals surface area contributed by atoms with Crippen molar-refractivity contribution in [3.8, 4) is 0 Å². The van der Waals surface area contributed by atoms with Gasteiger partial charge in [-0.05, 0) is 25.3 Å². The van der Waals surface area contributed by atoms with E-state index in [1.54, 1.807) is 0 Å². The Balaban J connectivity index is 2.28. The first kappa shape index (κ1) is 16.4. The Morgan fingerprint density at radius 3 is 2.26 bits per heavy atom. The zero-order valence-corrected chi connectivity index (χ0v) is 13.0. The van der Waals surface area contributed by atoms with E-state index < -0.39 is 9.84 Å². The van der Waals surface area contributed by atoms with Crippen LogP contribution in [0.15, 0.2) is 0 Å². The second kappa shape index (κ2) is 6.70. The van der Waals surface area contributed by atoms with Gasteiger partial charge >= 0.3 is 0 Å². The van der Waals surface area contributed by atoms with Gasteiger partial charge in [0.1, 0.15) is 0 Å². The number of nitrogens with one attached hydrogen (secondary N) is 2. The molecule has 0 atom stereocenters. The van der Waals surface area contributed by atoms with E-state index in [9.17, 15) is 13.2 Å². The van der Waals surface area contributed by atoms with Crippen molar-refractivity contribution in [1.29, 1.82) is 0 Å². The molecule has 0 heterocycles. The third kappa shape index (κ3) is 4.76. The summed E-state index contributed by atoms with van der Waals surface area (Å²) >= 11 is 0. The van der Waals surface area contributed by atoms with Gasteiger partial charge in [0.2, 0.25) is 5.91 Å². The van der Waals surface area contributed by atoms with Crippen LogP contribution in [0.3, 0.4) is 0 Å². The Morgan fingerprint density at radius 1 is 1.21 bits per heavy atom. The Labute approximate surface area is 116 Å². The van der Waals surface area contributed by atoms with Crippen LogP contribution >= 0.6 is 0 Å². The van der Waals surface area contributed by atoms with Crippen molar-refractivity contribution in [3.05, 3.63) is 0 Å². The molecule has 6 heteroatoms. The summed E-state index contributed by atoms with van der Waals surface area (Å²) in [6.07, 6.45) is 1.84. The van der Waals surface area contributed by atoms with E-state index >= 15 is 0 Å². The van der Waals surface area contributed by atoms with Gasteiger partial charge in [0.25, 0.3) is 0 Å². The Morgan fingerprint density at radius 2 is 1.79 bits per heavy atom. The van der Waals surface area contributed by atoms with Crippen molar-refractivity contribution < 1.29 is 13.2 Å². The van der Waals surface area contributed by atoms with Crippen molar-refractivity contribution in [3.63, 3.8) is 0 Å². The first-order chi connectivity index (χ1) is 8.84. The molecule has 0 saturated heterocycles. The predicted molar refractivity (Wildman–Crippen MR) is 76.7 cm³/mol. The molecule has 1 saturated carbocycles. The molecule has 0 spiro atoms. The van der Waals surface area contributed by atoms with Crippen LogP contribution in [0.4, 0.5) is 0 Å². The second-order valence-corrected chi connectivity index (χ2v) is 7.88. The second-order valence-electron chi connectivity index (χ2n) is 5.57. The predicted octanol–water partition coefficient (Wildman–Crippen LogP) is 0.563. The highest BCUT2D eigenvalue weighted by Gasteiger charge is 2.51. The summed E-state index contributed by atoms with van der Waals surface area (Å²) in [5, 5.41) is 5.76. The summed E-state index contributed by atoms with van der Waals surface area (Å²) in [4.78, 5) is 12.0. The molecule has 0 unspecified atom stereocenters. The minimum absolute atomic E-state index is 0.0179. The van der Waals surface area contributed by atoms with Crippen LogP contribution in [0.2, 0.25) is 0 Å². The molecule has 0 aromatic rings. The minimum Gasteiger partial charge on any atom is -0.355 e. The average molecular weight is 290 g/mol. The molecule has 19 heavy (non-hydrogen) atoms. The van der Waals surface area contributed by atoms with Crippen LogP contribution in [-0.4, -0.2) is 45.5 Å². The van der Waals surface area contributed by atoms with Gasteiger partial charge in [-0.2, -0.15) is 0 Å². The molecule has 0 aromatic carbocycles.